The van der Waals surface area contributed by atoms with Crippen LogP contribution in [-0.2, 0) is 4.74 Å². The molecule has 2 heterocycles. The molecule has 1 saturated heterocycles. The van der Waals surface area contributed by atoms with E-state index in [0.717, 1.165) is 17.7 Å². The van der Waals surface area contributed by atoms with Crippen LogP contribution in [0.5, 0.6) is 0 Å². The first-order valence-electron chi connectivity index (χ1n) is 5.30. The molecular weight excluding hydrogens is 192 g/mol. The summed E-state index contributed by atoms with van der Waals surface area (Å²) >= 11 is 0. The molecular formula is C12H16O3. The largest absolute Gasteiger partial charge is 0.458 e. The molecule has 1 fully saturated rings. The normalized spacial score (nSPS) is 25.8. The molecule has 1 aromatic heterocycles. The Morgan fingerprint density at radius 2 is 2.20 bits per heavy atom. The number of Topliss-reactive ketones (excluding diaryl/α,β-unsaturated/α-hetero) is 1. The van der Waals surface area contributed by atoms with Crippen molar-refractivity contribution >= 4 is 5.78 Å². The summed E-state index contributed by atoms with van der Waals surface area (Å²) in [4.78, 5) is 12.0. The predicted molar refractivity (Wildman–Crippen MR) is 56.0 cm³/mol. The first kappa shape index (κ1) is 10.4. The van der Waals surface area contributed by atoms with Gasteiger partial charge in [0, 0.05) is 0 Å². The Labute approximate surface area is 89.4 Å². The van der Waals surface area contributed by atoms with Crippen LogP contribution in [0.1, 0.15) is 35.2 Å². The first-order chi connectivity index (χ1) is 7.08. The van der Waals surface area contributed by atoms with Gasteiger partial charge >= 0.3 is 0 Å². The number of aryl methyl sites for hydroxylation is 2. The van der Waals surface area contributed by atoms with Gasteiger partial charge in [-0.1, -0.05) is 0 Å². The molecule has 3 nitrogen and oxygen atoms in total. The van der Waals surface area contributed by atoms with Gasteiger partial charge in [0.2, 0.25) is 5.78 Å². The number of rotatable bonds is 2. The van der Waals surface area contributed by atoms with Crippen LogP contribution in [0.25, 0.3) is 0 Å². The van der Waals surface area contributed by atoms with Crippen molar-refractivity contribution in [2.75, 3.05) is 6.61 Å². The van der Waals surface area contributed by atoms with Crippen molar-refractivity contribution in [1.29, 1.82) is 0 Å². The lowest BCUT2D eigenvalue weighted by molar-refractivity contribution is 0.0850. The maximum Gasteiger partial charge on any atom is 0.203 e. The molecule has 2 unspecified atom stereocenters. The first-order valence-corrected chi connectivity index (χ1v) is 5.30. The van der Waals surface area contributed by atoms with Crippen molar-refractivity contribution in [1.82, 2.24) is 0 Å². The molecule has 0 aliphatic carbocycles. The van der Waals surface area contributed by atoms with Crippen molar-refractivity contribution in [2.45, 2.75) is 33.3 Å². The molecule has 0 bridgehead atoms. The van der Waals surface area contributed by atoms with Crippen molar-refractivity contribution in [3.63, 3.8) is 0 Å². The van der Waals surface area contributed by atoms with Gasteiger partial charge in [0.15, 0.2) is 5.76 Å². The molecule has 1 aromatic rings. The fourth-order valence-electron chi connectivity index (χ4n) is 1.90. The third-order valence-electron chi connectivity index (χ3n) is 2.98. The lowest BCUT2D eigenvalue weighted by Gasteiger charge is -2.02. The van der Waals surface area contributed by atoms with Gasteiger partial charge in [-0.05, 0) is 38.8 Å². The summed E-state index contributed by atoms with van der Waals surface area (Å²) in [5.74, 6) is 1.36. The lowest BCUT2D eigenvalue weighted by Crippen LogP contribution is -2.14. The maximum atomic E-state index is 12.0. The Morgan fingerprint density at radius 1 is 1.47 bits per heavy atom. The minimum absolute atomic E-state index is 0.0232. The van der Waals surface area contributed by atoms with E-state index in [9.17, 15) is 4.79 Å². The maximum absolute atomic E-state index is 12.0. The number of hydrogen-bond donors (Lipinski definition) is 0. The highest BCUT2D eigenvalue weighted by Crippen LogP contribution is 2.25. The monoisotopic (exact) mass is 208 g/mol. The highest BCUT2D eigenvalue weighted by atomic mass is 16.5. The van der Waals surface area contributed by atoms with E-state index in [2.05, 4.69) is 0 Å². The molecule has 0 saturated carbocycles. The summed E-state index contributed by atoms with van der Waals surface area (Å²) in [5, 5.41) is 0. The molecule has 15 heavy (non-hydrogen) atoms. The van der Waals surface area contributed by atoms with Gasteiger partial charge in [0.1, 0.15) is 5.76 Å². The average molecular weight is 208 g/mol. The smallest absolute Gasteiger partial charge is 0.203 e. The molecule has 0 radical (unpaired) electrons. The van der Waals surface area contributed by atoms with Crippen LogP contribution in [-0.4, -0.2) is 18.5 Å². The molecule has 0 spiro atoms. The fraction of sp³-hybridized carbons (Fsp3) is 0.583. The van der Waals surface area contributed by atoms with E-state index in [4.69, 9.17) is 9.15 Å². The van der Waals surface area contributed by atoms with E-state index < -0.39 is 0 Å². The Hall–Kier alpha value is -1.09. The number of hydrogen-bond acceptors (Lipinski definition) is 3. The molecule has 0 amide bonds. The predicted octanol–water partition coefficient (Wildman–Crippen LogP) is 2.50. The Balaban J connectivity index is 2.14. The molecule has 3 heteroatoms. The SMILES string of the molecule is Cc1cc(C(=O)C2COC(C)C2)oc1C. The van der Waals surface area contributed by atoms with Crippen molar-refractivity contribution < 1.29 is 13.9 Å². The Bertz CT molecular complexity index is 359. The molecule has 0 N–H and O–H groups in total. The second-order valence-electron chi connectivity index (χ2n) is 4.29. The zero-order valence-electron chi connectivity index (χ0n) is 9.37. The van der Waals surface area contributed by atoms with Crippen LogP contribution in [0.2, 0.25) is 0 Å². The number of ketones is 1. The van der Waals surface area contributed by atoms with Crippen molar-refractivity contribution in [2.24, 2.45) is 5.92 Å². The summed E-state index contributed by atoms with van der Waals surface area (Å²) in [6.45, 7) is 6.34. The van der Waals surface area contributed by atoms with Crippen LogP contribution in [0.15, 0.2) is 10.5 Å². The summed E-state index contributed by atoms with van der Waals surface area (Å²) in [5.41, 5.74) is 1.03. The zero-order chi connectivity index (χ0) is 11.0. The van der Waals surface area contributed by atoms with Gasteiger partial charge in [-0.3, -0.25) is 4.79 Å². The zero-order valence-corrected chi connectivity index (χ0v) is 9.37. The molecule has 0 aromatic carbocycles. The van der Waals surface area contributed by atoms with Gasteiger partial charge < -0.3 is 9.15 Å². The molecule has 2 rings (SSSR count). The second kappa shape index (κ2) is 3.81. The number of furan rings is 1. The Kier molecular flexibility index (Phi) is 2.65. The molecule has 2 atom stereocenters. The summed E-state index contributed by atoms with van der Waals surface area (Å²) in [6, 6.07) is 1.82. The third kappa shape index (κ3) is 1.97. The van der Waals surface area contributed by atoms with Gasteiger partial charge in [0.25, 0.3) is 0 Å². The standard InChI is InChI=1S/C12H16O3/c1-7-4-11(15-9(7)3)12(13)10-5-8(2)14-6-10/h4,8,10H,5-6H2,1-3H3. The molecule has 1 aliphatic heterocycles. The summed E-state index contributed by atoms with van der Waals surface area (Å²) in [7, 11) is 0. The van der Waals surface area contributed by atoms with Crippen molar-refractivity contribution in [3.05, 3.63) is 23.2 Å². The highest BCUT2D eigenvalue weighted by molar-refractivity contribution is 5.95. The van der Waals surface area contributed by atoms with E-state index in [1.807, 2.05) is 26.8 Å². The average Bonchev–Trinajstić information content (AvgIpc) is 2.74. The summed E-state index contributed by atoms with van der Waals surface area (Å²) in [6.07, 6.45) is 0.994. The van der Waals surface area contributed by atoms with Gasteiger partial charge in [-0.25, -0.2) is 0 Å². The number of carbonyl (C=O) groups is 1. The minimum Gasteiger partial charge on any atom is -0.458 e. The second-order valence-corrected chi connectivity index (χ2v) is 4.29. The number of carbonyl (C=O) groups excluding carboxylic acids is 1. The van der Waals surface area contributed by atoms with Gasteiger partial charge in [0.05, 0.1) is 18.6 Å². The quantitative estimate of drug-likeness (QED) is 0.701. The van der Waals surface area contributed by atoms with Gasteiger partial charge in [-0.15, -0.1) is 0 Å². The van der Waals surface area contributed by atoms with Crippen LogP contribution >= 0.6 is 0 Å². The van der Waals surface area contributed by atoms with Crippen LogP contribution < -0.4 is 0 Å². The van der Waals surface area contributed by atoms with E-state index >= 15 is 0 Å². The van der Waals surface area contributed by atoms with Gasteiger partial charge in [-0.2, -0.15) is 0 Å². The van der Waals surface area contributed by atoms with E-state index in [-0.39, 0.29) is 17.8 Å². The van der Waals surface area contributed by atoms with E-state index in [1.54, 1.807) is 0 Å². The highest BCUT2D eigenvalue weighted by Gasteiger charge is 2.30. The summed E-state index contributed by atoms with van der Waals surface area (Å²) < 4.78 is 10.8. The topological polar surface area (TPSA) is 39.4 Å². The van der Waals surface area contributed by atoms with Crippen LogP contribution in [0.4, 0.5) is 0 Å². The minimum atomic E-state index is -0.0232. The number of ether oxygens (including phenoxy) is 1. The third-order valence-corrected chi connectivity index (χ3v) is 2.98. The molecule has 1 aliphatic rings. The Morgan fingerprint density at radius 3 is 2.67 bits per heavy atom. The van der Waals surface area contributed by atoms with Crippen LogP contribution in [0.3, 0.4) is 0 Å². The van der Waals surface area contributed by atoms with Crippen LogP contribution in [0, 0.1) is 19.8 Å². The van der Waals surface area contributed by atoms with Crippen molar-refractivity contribution in [3.8, 4) is 0 Å². The fourth-order valence-corrected chi connectivity index (χ4v) is 1.90. The van der Waals surface area contributed by atoms with E-state index in [0.29, 0.717) is 12.4 Å². The lowest BCUT2D eigenvalue weighted by atomic mass is 9.99. The molecule has 82 valence electrons. The van der Waals surface area contributed by atoms with E-state index in [1.165, 1.54) is 0 Å².